The summed E-state index contributed by atoms with van der Waals surface area (Å²) in [6.45, 7) is 6.46. The summed E-state index contributed by atoms with van der Waals surface area (Å²) in [5, 5.41) is 11.5. The molecular formula is C42H33FN2OS. The molecule has 7 rings (SSSR count). The zero-order chi connectivity index (χ0) is 32.5. The van der Waals surface area contributed by atoms with Crippen LogP contribution in [0.4, 0.5) is 10.1 Å². The van der Waals surface area contributed by atoms with E-state index in [9.17, 15) is 9.50 Å². The molecular weight excluding hydrogens is 600 g/mol. The van der Waals surface area contributed by atoms with Crippen molar-refractivity contribution in [2.24, 2.45) is 4.99 Å². The summed E-state index contributed by atoms with van der Waals surface area (Å²) in [4.78, 5) is 10.1. The Morgan fingerprint density at radius 2 is 1.30 bits per heavy atom. The molecule has 3 nitrogen and oxygen atoms in total. The summed E-state index contributed by atoms with van der Waals surface area (Å²) in [6.07, 6.45) is 1.74. The molecule has 5 heteroatoms. The summed E-state index contributed by atoms with van der Waals surface area (Å²) < 4.78 is 14.6. The molecule has 0 radical (unpaired) electrons. The molecule has 47 heavy (non-hydrogen) atoms. The van der Waals surface area contributed by atoms with Crippen LogP contribution in [0.2, 0.25) is 0 Å². The third kappa shape index (κ3) is 6.35. The number of aliphatic imine (C=N–C) groups is 1. The zero-order valence-electron chi connectivity index (χ0n) is 26.4. The molecule has 0 spiro atoms. The van der Waals surface area contributed by atoms with Gasteiger partial charge in [-0.2, -0.15) is 0 Å². The molecule has 0 amide bonds. The Bertz CT molecular complexity index is 2230. The zero-order valence-corrected chi connectivity index (χ0v) is 27.2. The molecule has 0 saturated heterocycles. The lowest BCUT2D eigenvalue weighted by molar-refractivity contribution is 0.473. The molecule has 7 aromatic rings. The minimum absolute atomic E-state index is 0.0465. The van der Waals surface area contributed by atoms with Gasteiger partial charge in [0.1, 0.15) is 16.6 Å². The molecule has 1 N–H and O–H groups in total. The second kappa shape index (κ2) is 12.4. The van der Waals surface area contributed by atoms with E-state index in [-0.39, 0.29) is 17.0 Å². The van der Waals surface area contributed by atoms with Crippen molar-refractivity contribution in [2.45, 2.75) is 26.2 Å². The first-order chi connectivity index (χ1) is 22.7. The Balaban J connectivity index is 1.30. The van der Waals surface area contributed by atoms with E-state index in [1.165, 1.54) is 12.1 Å². The number of thiazole rings is 1. The Hall–Kier alpha value is -5.39. The van der Waals surface area contributed by atoms with Gasteiger partial charge in [-0.15, -0.1) is 11.3 Å². The van der Waals surface area contributed by atoms with E-state index in [4.69, 9.17) is 9.98 Å². The third-order valence-corrected chi connectivity index (χ3v) is 9.38. The second-order valence-corrected chi connectivity index (χ2v) is 13.7. The van der Waals surface area contributed by atoms with Crippen molar-refractivity contribution in [3.63, 3.8) is 0 Å². The number of hydrogen-bond donors (Lipinski definition) is 1. The van der Waals surface area contributed by atoms with Crippen molar-refractivity contribution < 1.29 is 9.50 Å². The minimum atomic E-state index is -0.240. The highest BCUT2D eigenvalue weighted by molar-refractivity contribution is 7.21. The van der Waals surface area contributed by atoms with Crippen LogP contribution in [0.3, 0.4) is 0 Å². The smallest absolute Gasteiger partial charge is 0.126 e. The highest BCUT2D eigenvalue weighted by Gasteiger charge is 2.17. The first-order valence-electron chi connectivity index (χ1n) is 15.6. The lowest BCUT2D eigenvalue weighted by atomic mass is 9.86. The summed E-state index contributed by atoms with van der Waals surface area (Å²) in [7, 11) is 0. The van der Waals surface area contributed by atoms with E-state index in [1.54, 1.807) is 35.8 Å². The number of nitrogens with zero attached hydrogens (tertiary/aromatic N) is 2. The van der Waals surface area contributed by atoms with Crippen molar-refractivity contribution in [1.29, 1.82) is 0 Å². The minimum Gasteiger partial charge on any atom is -0.507 e. The second-order valence-electron chi connectivity index (χ2n) is 12.6. The number of halogens is 1. The van der Waals surface area contributed by atoms with Gasteiger partial charge in [0.2, 0.25) is 0 Å². The van der Waals surface area contributed by atoms with Crippen LogP contribution in [0.25, 0.3) is 54.2 Å². The van der Waals surface area contributed by atoms with Crippen LogP contribution in [0.15, 0.2) is 138 Å². The number of para-hydroxylation sites is 1. The van der Waals surface area contributed by atoms with Crippen LogP contribution in [0, 0.1) is 5.82 Å². The molecule has 0 atom stereocenters. The van der Waals surface area contributed by atoms with Gasteiger partial charge in [-0.1, -0.05) is 106 Å². The number of phenols is 1. The van der Waals surface area contributed by atoms with Crippen molar-refractivity contribution in [1.82, 2.24) is 4.98 Å². The molecule has 0 saturated carbocycles. The van der Waals surface area contributed by atoms with E-state index in [2.05, 4.69) is 69.3 Å². The quantitative estimate of drug-likeness (QED) is 0.185. The topological polar surface area (TPSA) is 45.5 Å². The maximum atomic E-state index is 13.5. The maximum Gasteiger partial charge on any atom is 0.126 e. The van der Waals surface area contributed by atoms with Crippen molar-refractivity contribution in [3.8, 4) is 49.7 Å². The summed E-state index contributed by atoms with van der Waals surface area (Å²) in [5.74, 6) is -0.0411. The van der Waals surface area contributed by atoms with Crippen molar-refractivity contribution >= 4 is 33.5 Å². The number of rotatable bonds is 6. The summed E-state index contributed by atoms with van der Waals surface area (Å²) in [6, 6.07) is 43.4. The van der Waals surface area contributed by atoms with E-state index in [0.29, 0.717) is 5.56 Å². The van der Waals surface area contributed by atoms with Gasteiger partial charge in [-0.3, -0.25) is 4.99 Å². The number of hydrogen-bond acceptors (Lipinski definition) is 4. The van der Waals surface area contributed by atoms with Gasteiger partial charge in [0.25, 0.3) is 0 Å². The number of phenolic OH excluding ortho intramolecular Hbond substituents is 1. The lowest BCUT2D eigenvalue weighted by Gasteiger charge is -2.19. The molecule has 0 unspecified atom stereocenters. The molecule has 0 aliphatic carbocycles. The van der Waals surface area contributed by atoms with Crippen LogP contribution in [0.1, 0.15) is 31.9 Å². The van der Waals surface area contributed by atoms with Gasteiger partial charge in [-0.05, 0) is 87.3 Å². The van der Waals surface area contributed by atoms with Gasteiger partial charge in [0.15, 0.2) is 0 Å². The van der Waals surface area contributed by atoms with Crippen LogP contribution in [-0.4, -0.2) is 16.3 Å². The van der Waals surface area contributed by atoms with E-state index < -0.39 is 0 Å². The first kappa shape index (κ1) is 30.3. The largest absolute Gasteiger partial charge is 0.507 e. The fourth-order valence-electron chi connectivity index (χ4n) is 5.68. The van der Waals surface area contributed by atoms with Gasteiger partial charge >= 0.3 is 0 Å². The van der Waals surface area contributed by atoms with E-state index in [0.717, 1.165) is 65.4 Å². The SMILES string of the molecule is CC(C)(C)c1ccc(O)c(C=Nc2ccccc2-c2nc3c(-c4ccccc4)cc(-c4ccc(-c5ccc(F)cc5)cc4)cc3s2)c1. The van der Waals surface area contributed by atoms with Gasteiger partial charge in [0.05, 0.1) is 15.9 Å². The molecule has 1 heterocycles. The van der Waals surface area contributed by atoms with Crippen molar-refractivity contribution in [2.75, 3.05) is 0 Å². The van der Waals surface area contributed by atoms with Crippen LogP contribution < -0.4 is 0 Å². The average Bonchev–Trinajstić information content (AvgIpc) is 3.52. The fraction of sp³-hybridized carbons (Fsp3) is 0.0952. The Kier molecular flexibility index (Phi) is 8.00. The predicted octanol–water partition coefficient (Wildman–Crippen LogP) is 11.9. The first-order valence-corrected chi connectivity index (χ1v) is 16.4. The number of fused-ring (bicyclic) bond motifs is 1. The Labute approximate surface area is 278 Å². The molecule has 0 aliphatic heterocycles. The summed E-state index contributed by atoms with van der Waals surface area (Å²) in [5.41, 5.74) is 10.8. The molecule has 230 valence electrons. The maximum absolute atomic E-state index is 13.5. The van der Waals surface area contributed by atoms with Crippen LogP contribution in [-0.2, 0) is 5.41 Å². The van der Waals surface area contributed by atoms with Gasteiger partial charge < -0.3 is 5.11 Å². The normalized spacial score (nSPS) is 11.8. The van der Waals surface area contributed by atoms with Crippen LogP contribution in [0.5, 0.6) is 5.75 Å². The monoisotopic (exact) mass is 632 g/mol. The standard InChI is InChI=1S/C42H33FN2OS/c1-42(2,3)33-19-22-38(46)32(23-33)26-44-37-12-8-7-11-35(37)41-45-40-36(30-9-5-4-6-10-30)24-31(25-39(40)47-41)29-15-13-27(14-16-29)28-17-20-34(43)21-18-28/h4-26,46H,1-3H3. The number of aromatic nitrogens is 1. The van der Waals surface area contributed by atoms with Gasteiger partial charge in [-0.25, -0.2) is 9.37 Å². The summed E-state index contributed by atoms with van der Waals surface area (Å²) >= 11 is 1.64. The molecule has 1 aromatic heterocycles. The molecule has 0 fully saturated rings. The molecule has 6 aromatic carbocycles. The fourth-order valence-corrected chi connectivity index (χ4v) is 6.74. The Morgan fingerprint density at radius 3 is 2.00 bits per heavy atom. The third-order valence-electron chi connectivity index (χ3n) is 8.35. The highest BCUT2D eigenvalue weighted by atomic mass is 32.1. The van der Waals surface area contributed by atoms with Crippen LogP contribution >= 0.6 is 11.3 Å². The van der Waals surface area contributed by atoms with Crippen molar-refractivity contribution in [3.05, 3.63) is 150 Å². The predicted molar refractivity (Wildman–Crippen MR) is 195 cm³/mol. The van der Waals surface area contributed by atoms with E-state index in [1.807, 2.05) is 54.6 Å². The van der Waals surface area contributed by atoms with Gasteiger partial charge in [0, 0.05) is 22.9 Å². The lowest BCUT2D eigenvalue weighted by Crippen LogP contribution is -2.11. The van der Waals surface area contributed by atoms with E-state index >= 15 is 0 Å². The number of aromatic hydroxyl groups is 1. The average molecular weight is 633 g/mol. The highest BCUT2D eigenvalue weighted by Crippen LogP contribution is 2.42. The number of benzene rings is 6. The molecule has 0 bridgehead atoms. The Morgan fingerprint density at radius 1 is 0.660 bits per heavy atom. The molecule has 0 aliphatic rings.